The van der Waals surface area contributed by atoms with Crippen molar-refractivity contribution in [2.75, 3.05) is 0 Å². The first-order valence-corrected chi connectivity index (χ1v) is 5.16. The molecule has 0 aliphatic carbocycles. The molecule has 3 heteroatoms. The van der Waals surface area contributed by atoms with Gasteiger partial charge in [0.1, 0.15) is 0 Å². The first-order chi connectivity index (χ1) is 6.15. The third kappa shape index (κ3) is 2.79. The topological polar surface area (TPSA) is 38.0 Å². The zero-order valence-corrected chi connectivity index (χ0v) is 9.51. The fraction of sp³-hybridized carbons (Fsp3) is 0.400. The van der Waals surface area contributed by atoms with Crippen molar-refractivity contribution in [3.05, 3.63) is 34.3 Å². The fourth-order valence-electron chi connectivity index (χ4n) is 1.37. The van der Waals surface area contributed by atoms with Gasteiger partial charge in [-0.05, 0) is 23.6 Å². The number of hydrogen-bond donors (Lipinski definition) is 2. The Kier molecular flexibility index (Phi) is 3.90. The van der Waals surface area contributed by atoms with Gasteiger partial charge in [0.15, 0.2) is 0 Å². The van der Waals surface area contributed by atoms with Crippen molar-refractivity contribution < 1.29 is 0 Å². The summed E-state index contributed by atoms with van der Waals surface area (Å²) in [6, 6.07) is 8.42. The number of benzene rings is 1. The van der Waals surface area contributed by atoms with Gasteiger partial charge in [0, 0.05) is 10.5 Å². The molecule has 0 heterocycles. The van der Waals surface area contributed by atoms with Crippen molar-refractivity contribution in [2.45, 2.75) is 19.9 Å². The van der Waals surface area contributed by atoms with Crippen LogP contribution in [0.4, 0.5) is 0 Å². The molecule has 0 radical (unpaired) electrons. The number of hydrogen-bond acceptors (Lipinski definition) is 2. The van der Waals surface area contributed by atoms with Gasteiger partial charge in [0.2, 0.25) is 0 Å². The molecule has 1 aromatic carbocycles. The van der Waals surface area contributed by atoms with Crippen LogP contribution in [0.25, 0.3) is 0 Å². The van der Waals surface area contributed by atoms with Crippen LogP contribution in [0.2, 0.25) is 0 Å². The van der Waals surface area contributed by atoms with E-state index in [2.05, 4.69) is 47.3 Å². The summed E-state index contributed by atoms with van der Waals surface area (Å²) in [7, 11) is 0. The second-order valence-corrected chi connectivity index (χ2v) is 4.36. The molecule has 1 atom stereocenters. The Hall–Kier alpha value is -0.380. The van der Waals surface area contributed by atoms with Gasteiger partial charge in [0.05, 0.1) is 0 Å². The van der Waals surface area contributed by atoms with Crippen LogP contribution in [0, 0.1) is 5.92 Å². The van der Waals surface area contributed by atoms with Crippen LogP contribution in [0.5, 0.6) is 0 Å². The molecule has 0 aliphatic heterocycles. The Bertz CT molecular complexity index is 273. The van der Waals surface area contributed by atoms with Crippen LogP contribution in [0.3, 0.4) is 0 Å². The molecule has 1 rings (SSSR count). The highest BCUT2D eigenvalue weighted by molar-refractivity contribution is 9.10. The zero-order chi connectivity index (χ0) is 9.84. The maximum atomic E-state index is 5.49. The van der Waals surface area contributed by atoms with E-state index in [0.29, 0.717) is 5.92 Å². The lowest BCUT2D eigenvalue weighted by Crippen LogP contribution is -2.31. The quantitative estimate of drug-likeness (QED) is 0.632. The molecule has 0 aromatic heterocycles. The highest BCUT2D eigenvalue weighted by Gasteiger charge is 2.13. The standard InChI is InChI=1S/C10H15BrN2/c1-7(2)10(13-12)8-4-3-5-9(11)6-8/h3-7,10,13H,12H2,1-2H3. The van der Waals surface area contributed by atoms with Gasteiger partial charge >= 0.3 is 0 Å². The second kappa shape index (κ2) is 4.74. The summed E-state index contributed by atoms with van der Waals surface area (Å²) in [5.41, 5.74) is 4.04. The fourth-order valence-corrected chi connectivity index (χ4v) is 1.79. The number of nitrogens with one attached hydrogen (secondary N) is 1. The van der Waals surface area contributed by atoms with Crippen LogP contribution >= 0.6 is 15.9 Å². The lowest BCUT2D eigenvalue weighted by atomic mass is 9.97. The van der Waals surface area contributed by atoms with Crippen LogP contribution < -0.4 is 11.3 Å². The molecule has 2 nitrogen and oxygen atoms in total. The Morgan fingerprint density at radius 2 is 2.08 bits per heavy atom. The van der Waals surface area contributed by atoms with Gasteiger partial charge in [-0.15, -0.1) is 0 Å². The normalized spacial score (nSPS) is 13.3. The molecule has 72 valence electrons. The minimum absolute atomic E-state index is 0.220. The molecule has 0 saturated carbocycles. The molecule has 1 aromatic rings. The molecule has 0 aliphatic rings. The van der Waals surface area contributed by atoms with E-state index in [1.807, 2.05) is 12.1 Å². The van der Waals surface area contributed by atoms with Crippen LogP contribution in [-0.4, -0.2) is 0 Å². The molecular weight excluding hydrogens is 228 g/mol. The van der Waals surface area contributed by atoms with E-state index in [0.717, 1.165) is 4.47 Å². The predicted octanol–water partition coefficient (Wildman–Crippen LogP) is 2.61. The van der Waals surface area contributed by atoms with E-state index in [4.69, 9.17) is 5.84 Å². The number of rotatable bonds is 3. The summed E-state index contributed by atoms with van der Waals surface area (Å²) < 4.78 is 1.09. The predicted molar refractivity (Wildman–Crippen MR) is 59.0 cm³/mol. The molecule has 1 unspecified atom stereocenters. The number of halogens is 1. The minimum atomic E-state index is 0.220. The summed E-state index contributed by atoms with van der Waals surface area (Å²) in [6.07, 6.45) is 0. The van der Waals surface area contributed by atoms with Crippen molar-refractivity contribution in [1.29, 1.82) is 0 Å². The van der Waals surface area contributed by atoms with E-state index in [9.17, 15) is 0 Å². The minimum Gasteiger partial charge on any atom is -0.271 e. The van der Waals surface area contributed by atoms with Crippen LogP contribution in [0.1, 0.15) is 25.5 Å². The highest BCUT2D eigenvalue weighted by atomic mass is 79.9. The zero-order valence-electron chi connectivity index (χ0n) is 7.92. The van der Waals surface area contributed by atoms with Gasteiger partial charge in [-0.2, -0.15) is 0 Å². The van der Waals surface area contributed by atoms with Crippen molar-refractivity contribution in [3.63, 3.8) is 0 Å². The first kappa shape index (κ1) is 10.7. The number of nitrogens with two attached hydrogens (primary N) is 1. The Morgan fingerprint density at radius 3 is 2.54 bits per heavy atom. The van der Waals surface area contributed by atoms with Crippen molar-refractivity contribution in [2.24, 2.45) is 11.8 Å². The van der Waals surface area contributed by atoms with Gasteiger partial charge in [-0.3, -0.25) is 11.3 Å². The van der Waals surface area contributed by atoms with E-state index in [-0.39, 0.29) is 6.04 Å². The molecule has 13 heavy (non-hydrogen) atoms. The maximum absolute atomic E-state index is 5.49. The lowest BCUT2D eigenvalue weighted by molar-refractivity contribution is 0.421. The largest absolute Gasteiger partial charge is 0.271 e. The smallest absolute Gasteiger partial charge is 0.0483 e. The summed E-state index contributed by atoms with van der Waals surface area (Å²) in [4.78, 5) is 0. The Labute approximate surface area is 87.6 Å². The molecule has 0 spiro atoms. The molecular formula is C10H15BrN2. The van der Waals surface area contributed by atoms with Gasteiger partial charge in [-0.1, -0.05) is 41.9 Å². The second-order valence-electron chi connectivity index (χ2n) is 3.44. The van der Waals surface area contributed by atoms with E-state index >= 15 is 0 Å². The monoisotopic (exact) mass is 242 g/mol. The maximum Gasteiger partial charge on any atom is 0.0483 e. The molecule has 0 amide bonds. The van der Waals surface area contributed by atoms with Gasteiger partial charge in [-0.25, -0.2) is 0 Å². The Morgan fingerprint density at radius 1 is 1.38 bits per heavy atom. The van der Waals surface area contributed by atoms with Crippen molar-refractivity contribution >= 4 is 15.9 Å². The number of hydrazine groups is 1. The summed E-state index contributed by atoms with van der Waals surface area (Å²) in [5.74, 6) is 5.98. The summed E-state index contributed by atoms with van der Waals surface area (Å²) in [6.45, 7) is 4.29. The average Bonchev–Trinajstić information content (AvgIpc) is 2.04. The summed E-state index contributed by atoms with van der Waals surface area (Å²) >= 11 is 3.44. The van der Waals surface area contributed by atoms with E-state index in [1.54, 1.807) is 0 Å². The Balaban J connectivity index is 2.91. The molecule has 0 saturated heterocycles. The van der Waals surface area contributed by atoms with Crippen molar-refractivity contribution in [3.8, 4) is 0 Å². The van der Waals surface area contributed by atoms with E-state index < -0.39 is 0 Å². The van der Waals surface area contributed by atoms with Crippen molar-refractivity contribution in [1.82, 2.24) is 5.43 Å². The molecule has 0 bridgehead atoms. The highest BCUT2D eigenvalue weighted by Crippen LogP contribution is 2.23. The van der Waals surface area contributed by atoms with Crippen LogP contribution in [-0.2, 0) is 0 Å². The van der Waals surface area contributed by atoms with Gasteiger partial charge < -0.3 is 0 Å². The third-order valence-corrected chi connectivity index (χ3v) is 2.55. The lowest BCUT2D eigenvalue weighted by Gasteiger charge is -2.20. The third-order valence-electron chi connectivity index (χ3n) is 2.05. The van der Waals surface area contributed by atoms with Gasteiger partial charge in [0.25, 0.3) is 0 Å². The van der Waals surface area contributed by atoms with Crippen LogP contribution in [0.15, 0.2) is 28.7 Å². The SMILES string of the molecule is CC(C)C(NN)c1cccc(Br)c1. The molecule has 0 fully saturated rings. The molecule has 3 N–H and O–H groups in total. The average molecular weight is 243 g/mol. The first-order valence-electron chi connectivity index (χ1n) is 4.36. The summed E-state index contributed by atoms with van der Waals surface area (Å²) in [5, 5.41) is 0. The van der Waals surface area contributed by atoms with E-state index in [1.165, 1.54) is 5.56 Å².